The van der Waals surface area contributed by atoms with Crippen LogP contribution in [0.2, 0.25) is 0 Å². The summed E-state index contributed by atoms with van der Waals surface area (Å²) >= 11 is 3.23. The molecule has 0 fully saturated rings. The summed E-state index contributed by atoms with van der Waals surface area (Å²) in [5.41, 5.74) is 5.32. The van der Waals surface area contributed by atoms with E-state index in [0.717, 1.165) is 16.8 Å². The van der Waals surface area contributed by atoms with Gasteiger partial charge in [0.25, 0.3) is 0 Å². The molecule has 0 spiro atoms. The molecule has 0 radical (unpaired) electrons. The molecule has 0 atom stereocenters. The Balaban J connectivity index is 0.000000219. The number of benzene rings is 2. The summed E-state index contributed by atoms with van der Waals surface area (Å²) in [5, 5.41) is 0. The third kappa shape index (κ3) is 5.32. The third-order valence-corrected chi connectivity index (χ3v) is 3.30. The highest BCUT2D eigenvalue weighted by molar-refractivity contribution is 9.10. The van der Waals surface area contributed by atoms with Crippen molar-refractivity contribution in [3.8, 4) is 0 Å². The van der Waals surface area contributed by atoms with Crippen molar-refractivity contribution in [3.63, 3.8) is 0 Å². The number of hydrogen-bond acceptors (Lipinski definition) is 2. The Hall–Kier alpha value is -1.66. The van der Waals surface area contributed by atoms with Crippen molar-refractivity contribution in [2.24, 2.45) is 5.73 Å². The van der Waals surface area contributed by atoms with Crippen LogP contribution in [0.25, 0.3) is 0 Å². The maximum Gasteiger partial charge on any atom is 0.416 e. The maximum atomic E-state index is 12.2. The van der Waals surface area contributed by atoms with Gasteiger partial charge in [0.1, 0.15) is 0 Å². The Bertz CT molecular complexity index is 599. The highest BCUT2D eigenvalue weighted by Crippen LogP contribution is 2.31. The van der Waals surface area contributed by atoms with Crippen LogP contribution in [0.1, 0.15) is 21.5 Å². The van der Waals surface area contributed by atoms with E-state index in [-0.39, 0.29) is 12.1 Å². The van der Waals surface area contributed by atoms with Gasteiger partial charge in [-0.3, -0.25) is 4.79 Å². The molecule has 0 aromatic heterocycles. The maximum absolute atomic E-state index is 12.2. The number of carbonyl (C=O) groups is 1. The number of nitrogens with two attached hydrogens (primary N) is 1. The highest BCUT2D eigenvalue weighted by Gasteiger charge is 2.32. The SMILES string of the molecule is NCc1ccccc1C(F)(F)F.O=Cc1ccccc1Br. The van der Waals surface area contributed by atoms with Crippen LogP contribution in [-0.2, 0) is 12.7 Å². The Morgan fingerprint density at radius 1 is 1.05 bits per heavy atom. The van der Waals surface area contributed by atoms with Gasteiger partial charge < -0.3 is 5.73 Å². The zero-order valence-corrected chi connectivity index (χ0v) is 12.5. The Labute approximate surface area is 128 Å². The van der Waals surface area contributed by atoms with Gasteiger partial charge in [0, 0.05) is 16.6 Å². The minimum Gasteiger partial charge on any atom is -0.326 e. The average molecular weight is 360 g/mol. The topological polar surface area (TPSA) is 43.1 Å². The van der Waals surface area contributed by atoms with Crippen LogP contribution in [0.4, 0.5) is 13.2 Å². The molecule has 0 heterocycles. The second-order valence-corrected chi connectivity index (χ2v) is 4.85. The van der Waals surface area contributed by atoms with Crippen molar-refractivity contribution in [2.75, 3.05) is 0 Å². The average Bonchev–Trinajstić information content (AvgIpc) is 2.47. The standard InChI is InChI=1S/C8H8F3N.C7H5BrO/c9-8(10,11)7-4-2-1-3-6(7)5-12;8-7-4-2-1-3-6(7)5-9/h1-4H,5,12H2;1-5H. The summed E-state index contributed by atoms with van der Waals surface area (Å²) in [4.78, 5) is 10.2. The quantitative estimate of drug-likeness (QED) is 0.806. The molecule has 21 heavy (non-hydrogen) atoms. The van der Waals surface area contributed by atoms with Crippen LogP contribution in [0.15, 0.2) is 53.0 Å². The lowest BCUT2D eigenvalue weighted by Gasteiger charge is -2.10. The number of carbonyl (C=O) groups excluding carboxylic acids is 1. The van der Waals surface area contributed by atoms with Gasteiger partial charge in [-0.2, -0.15) is 13.2 Å². The Morgan fingerprint density at radius 2 is 1.62 bits per heavy atom. The number of alkyl halides is 3. The lowest BCUT2D eigenvalue weighted by molar-refractivity contribution is -0.138. The molecule has 2 aromatic rings. The molecule has 0 saturated heterocycles. The first-order valence-electron chi connectivity index (χ1n) is 5.95. The number of hydrogen-bond donors (Lipinski definition) is 1. The second-order valence-electron chi connectivity index (χ2n) is 4.00. The molecule has 0 aliphatic heterocycles. The molecule has 2 rings (SSSR count). The van der Waals surface area contributed by atoms with E-state index in [9.17, 15) is 18.0 Å². The van der Waals surface area contributed by atoms with Crippen molar-refractivity contribution in [1.29, 1.82) is 0 Å². The molecular formula is C15H13BrF3NO. The molecule has 0 amide bonds. The molecule has 6 heteroatoms. The monoisotopic (exact) mass is 359 g/mol. The van der Waals surface area contributed by atoms with Gasteiger partial charge in [-0.1, -0.05) is 52.3 Å². The molecule has 2 aromatic carbocycles. The van der Waals surface area contributed by atoms with Gasteiger partial charge in [0.05, 0.1) is 5.56 Å². The zero-order valence-electron chi connectivity index (χ0n) is 10.9. The molecule has 0 unspecified atom stereocenters. The molecular weight excluding hydrogens is 347 g/mol. The van der Waals surface area contributed by atoms with Gasteiger partial charge in [-0.25, -0.2) is 0 Å². The van der Waals surface area contributed by atoms with Gasteiger partial charge in [0.2, 0.25) is 0 Å². The lowest BCUT2D eigenvalue weighted by atomic mass is 10.1. The van der Waals surface area contributed by atoms with Crippen molar-refractivity contribution < 1.29 is 18.0 Å². The minimum atomic E-state index is -4.30. The molecule has 0 bridgehead atoms. The molecule has 2 N–H and O–H groups in total. The summed E-state index contributed by atoms with van der Waals surface area (Å²) in [7, 11) is 0. The van der Waals surface area contributed by atoms with E-state index < -0.39 is 11.7 Å². The van der Waals surface area contributed by atoms with Crippen molar-refractivity contribution in [1.82, 2.24) is 0 Å². The Kier molecular flexibility index (Phi) is 6.58. The van der Waals surface area contributed by atoms with Crippen molar-refractivity contribution >= 4 is 22.2 Å². The van der Waals surface area contributed by atoms with E-state index in [0.29, 0.717) is 5.56 Å². The predicted molar refractivity (Wildman–Crippen MR) is 78.9 cm³/mol. The largest absolute Gasteiger partial charge is 0.416 e. The number of aldehydes is 1. The van der Waals surface area contributed by atoms with Crippen LogP contribution < -0.4 is 5.73 Å². The minimum absolute atomic E-state index is 0.0876. The molecule has 112 valence electrons. The van der Waals surface area contributed by atoms with Gasteiger partial charge >= 0.3 is 6.18 Å². The van der Waals surface area contributed by atoms with Crippen molar-refractivity contribution in [3.05, 3.63) is 69.7 Å². The van der Waals surface area contributed by atoms with Crippen LogP contribution in [0.5, 0.6) is 0 Å². The van der Waals surface area contributed by atoms with Gasteiger partial charge in [0.15, 0.2) is 6.29 Å². The fourth-order valence-electron chi connectivity index (χ4n) is 1.55. The summed E-state index contributed by atoms with van der Waals surface area (Å²) < 4.78 is 37.4. The van der Waals surface area contributed by atoms with Gasteiger partial charge in [-0.15, -0.1) is 0 Å². The first-order chi connectivity index (χ1) is 9.90. The molecule has 2 nitrogen and oxygen atoms in total. The third-order valence-electron chi connectivity index (χ3n) is 2.57. The Morgan fingerprint density at radius 3 is 2.05 bits per heavy atom. The van der Waals surface area contributed by atoms with Crippen LogP contribution in [0.3, 0.4) is 0 Å². The summed E-state index contributed by atoms with van der Waals surface area (Å²) in [6.45, 7) is -0.0876. The highest BCUT2D eigenvalue weighted by atomic mass is 79.9. The van der Waals surface area contributed by atoms with Gasteiger partial charge in [-0.05, 0) is 17.7 Å². The number of rotatable bonds is 2. The van der Waals surface area contributed by atoms with E-state index in [4.69, 9.17) is 5.73 Å². The van der Waals surface area contributed by atoms with E-state index >= 15 is 0 Å². The first kappa shape index (κ1) is 17.4. The normalized spacial score (nSPS) is 10.5. The molecule has 0 aliphatic rings. The smallest absolute Gasteiger partial charge is 0.326 e. The fourth-order valence-corrected chi connectivity index (χ4v) is 1.92. The molecule has 0 saturated carbocycles. The lowest BCUT2D eigenvalue weighted by Crippen LogP contribution is -2.11. The number of halogens is 4. The summed E-state index contributed by atoms with van der Waals surface area (Å²) in [6.07, 6.45) is -3.47. The van der Waals surface area contributed by atoms with Crippen molar-refractivity contribution in [2.45, 2.75) is 12.7 Å². The van der Waals surface area contributed by atoms with Crippen LogP contribution >= 0.6 is 15.9 Å². The van der Waals surface area contributed by atoms with E-state index in [1.807, 2.05) is 18.2 Å². The van der Waals surface area contributed by atoms with Crippen LogP contribution in [-0.4, -0.2) is 6.29 Å². The summed E-state index contributed by atoms with van der Waals surface area (Å²) in [5.74, 6) is 0. The second kappa shape index (κ2) is 7.95. The zero-order chi connectivity index (χ0) is 15.9. The predicted octanol–water partition coefficient (Wildman–Crippen LogP) is 4.43. The summed E-state index contributed by atoms with van der Waals surface area (Å²) in [6, 6.07) is 12.6. The van der Waals surface area contributed by atoms with E-state index in [1.165, 1.54) is 18.2 Å². The van der Waals surface area contributed by atoms with E-state index in [2.05, 4.69) is 15.9 Å². The van der Waals surface area contributed by atoms with Crippen LogP contribution in [0, 0.1) is 0 Å². The fraction of sp³-hybridized carbons (Fsp3) is 0.133. The molecule has 0 aliphatic carbocycles. The van der Waals surface area contributed by atoms with E-state index in [1.54, 1.807) is 6.07 Å². The first-order valence-corrected chi connectivity index (χ1v) is 6.74.